The van der Waals surface area contributed by atoms with Crippen molar-refractivity contribution in [3.8, 4) is 5.75 Å². The molecular formula is C33H37N5O3. The Balaban J connectivity index is 1.50. The molecule has 5 rings (SSSR count). The predicted molar refractivity (Wildman–Crippen MR) is 160 cm³/mol. The molecule has 0 bridgehead atoms. The Hall–Kier alpha value is -4.59. The molecule has 41 heavy (non-hydrogen) atoms. The lowest BCUT2D eigenvalue weighted by molar-refractivity contribution is 0.128. The summed E-state index contributed by atoms with van der Waals surface area (Å²) in [7, 11) is 1.66. The van der Waals surface area contributed by atoms with Crippen molar-refractivity contribution in [2.45, 2.75) is 45.7 Å². The zero-order chi connectivity index (χ0) is 28.6. The lowest BCUT2D eigenvalue weighted by atomic mass is 10.0. The third-order valence-corrected chi connectivity index (χ3v) is 7.09. The van der Waals surface area contributed by atoms with Crippen LogP contribution >= 0.6 is 0 Å². The van der Waals surface area contributed by atoms with E-state index >= 15 is 0 Å². The number of para-hydroxylation sites is 1. The molecule has 0 aliphatic carbocycles. The molecule has 1 amide bonds. The van der Waals surface area contributed by atoms with Gasteiger partial charge in [0.05, 0.1) is 26.3 Å². The van der Waals surface area contributed by atoms with E-state index in [1.165, 1.54) is 5.56 Å². The van der Waals surface area contributed by atoms with E-state index in [9.17, 15) is 4.79 Å². The van der Waals surface area contributed by atoms with Crippen LogP contribution in [-0.2, 0) is 30.5 Å². The zero-order valence-corrected chi connectivity index (χ0v) is 23.8. The largest absolute Gasteiger partial charge is 0.497 e. The van der Waals surface area contributed by atoms with E-state index < -0.39 is 12.1 Å². The molecule has 0 aliphatic heterocycles. The first kappa shape index (κ1) is 28.0. The number of alkyl carbamates (subject to hydrolysis) is 1. The molecule has 8 heteroatoms. The van der Waals surface area contributed by atoms with Crippen molar-refractivity contribution >= 4 is 17.0 Å². The van der Waals surface area contributed by atoms with Gasteiger partial charge in [0.25, 0.3) is 0 Å². The fourth-order valence-corrected chi connectivity index (χ4v) is 4.93. The highest BCUT2D eigenvalue weighted by molar-refractivity contribution is 5.83. The Kier molecular flexibility index (Phi) is 8.98. The number of rotatable bonds is 12. The Morgan fingerprint density at radius 2 is 1.68 bits per heavy atom. The highest BCUT2D eigenvalue weighted by atomic mass is 16.5. The molecule has 2 heterocycles. The van der Waals surface area contributed by atoms with E-state index in [4.69, 9.17) is 9.47 Å². The van der Waals surface area contributed by atoms with E-state index in [1.54, 1.807) is 7.11 Å². The summed E-state index contributed by atoms with van der Waals surface area (Å²) in [6.45, 7) is 4.93. The third-order valence-electron chi connectivity index (χ3n) is 7.09. The zero-order valence-electron chi connectivity index (χ0n) is 23.8. The molecule has 0 fully saturated rings. The molecule has 2 N–H and O–H groups in total. The topological polar surface area (TPSA) is 94.1 Å². The van der Waals surface area contributed by atoms with Crippen molar-refractivity contribution in [3.63, 3.8) is 0 Å². The molecule has 0 spiro atoms. The van der Waals surface area contributed by atoms with Crippen LogP contribution in [0.1, 0.15) is 48.2 Å². The van der Waals surface area contributed by atoms with Crippen LogP contribution in [0, 0.1) is 5.92 Å². The van der Waals surface area contributed by atoms with Crippen molar-refractivity contribution in [1.82, 2.24) is 25.1 Å². The standard InChI is InChI=1S/C33H37N5O3/c1-23(2)22-41-33(39)35-30(19-26-20-34-29-12-8-7-11-28(26)29)32-37-36-31(18-15-24-9-5-4-6-10-24)38(32)21-25-13-16-27(40-3)17-14-25/h4-14,16-17,20,23,30,34H,15,18-19,21-22H2,1-3H3,(H,35,39)/t30-/m1/s1. The number of aromatic nitrogens is 4. The van der Waals surface area contributed by atoms with Crippen LogP contribution in [0.2, 0.25) is 0 Å². The quantitative estimate of drug-likeness (QED) is 0.191. The van der Waals surface area contributed by atoms with E-state index in [-0.39, 0.29) is 5.92 Å². The molecule has 0 radical (unpaired) electrons. The summed E-state index contributed by atoms with van der Waals surface area (Å²) in [6.07, 6.45) is 3.61. The first-order valence-electron chi connectivity index (χ1n) is 14.1. The minimum Gasteiger partial charge on any atom is -0.497 e. The van der Waals surface area contributed by atoms with Gasteiger partial charge < -0.3 is 24.3 Å². The third kappa shape index (κ3) is 7.14. The Labute approximate surface area is 240 Å². The molecule has 5 aromatic rings. The van der Waals surface area contributed by atoms with Crippen LogP contribution in [-0.4, -0.2) is 39.6 Å². The van der Waals surface area contributed by atoms with Crippen LogP contribution in [0.25, 0.3) is 10.9 Å². The SMILES string of the molecule is COc1ccc(Cn2c(CCc3ccccc3)nnc2[C@@H](Cc2c[nH]c3ccccc23)NC(=O)OCC(C)C)cc1. The number of ether oxygens (including phenoxy) is 2. The fourth-order valence-electron chi connectivity index (χ4n) is 4.93. The van der Waals surface area contributed by atoms with E-state index in [0.29, 0.717) is 31.8 Å². The van der Waals surface area contributed by atoms with Crippen molar-refractivity contribution in [1.29, 1.82) is 0 Å². The second-order valence-corrected chi connectivity index (χ2v) is 10.6. The number of nitrogens with one attached hydrogen (secondary N) is 2. The van der Waals surface area contributed by atoms with Gasteiger partial charge in [0.1, 0.15) is 11.6 Å². The highest BCUT2D eigenvalue weighted by Crippen LogP contribution is 2.26. The van der Waals surface area contributed by atoms with E-state index in [2.05, 4.69) is 43.3 Å². The maximum atomic E-state index is 13.0. The second-order valence-electron chi connectivity index (χ2n) is 10.6. The van der Waals surface area contributed by atoms with Crippen LogP contribution in [0.15, 0.2) is 85.1 Å². The number of nitrogens with zero attached hydrogens (tertiary/aromatic N) is 3. The molecule has 3 aromatic carbocycles. The molecule has 212 valence electrons. The maximum absolute atomic E-state index is 13.0. The van der Waals surface area contributed by atoms with Gasteiger partial charge in [0.15, 0.2) is 5.82 Å². The highest BCUT2D eigenvalue weighted by Gasteiger charge is 2.25. The van der Waals surface area contributed by atoms with Gasteiger partial charge in [0.2, 0.25) is 0 Å². The predicted octanol–water partition coefficient (Wildman–Crippen LogP) is 6.27. The lowest BCUT2D eigenvalue weighted by Gasteiger charge is -2.20. The van der Waals surface area contributed by atoms with Gasteiger partial charge in [-0.2, -0.15) is 0 Å². The Morgan fingerprint density at radius 3 is 2.44 bits per heavy atom. The van der Waals surface area contributed by atoms with E-state index in [1.807, 2.05) is 80.7 Å². The molecule has 8 nitrogen and oxygen atoms in total. The number of H-pyrrole nitrogens is 1. The van der Waals surface area contributed by atoms with Gasteiger partial charge in [-0.15, -0.1) is 10.2 Å². The smallest absolute Gasteiger partial charge is 0.407 e. The number of fused-ring (bicyclic) bond motifs is 1. The summed E-state index contributed by atoms with van der Waals surface area (Å²) >= 11 is 0. The average molecular weight is 552 g/mol. The number of hydrogen-bond acceptors (Lipinski definition) is 5. The minimum atomic E-state index is -0.464. The van der Waals surface area contributed by atoms with Gasteiger partial charge in [-0.25, -0.2) is 4.79 Å². The number of benzene rings is 3. The summed E-state index contributed by atoms with van der Waals surface area (Å²) in [5.41, 5.74) is 4.45. The summed E-state index contributed by atoms with van der Waals surface area (Å²) in [5.74, 6) is 2.58. The summed E-state index contributed by atoms with van der Waals surface area (Å²) in [6, 6.07) is 26.1. The average Bonchev–Trinajstić information content (AvgIpc) is 3.59. The van der Waals surface area contributed by atoms with Gasteiger partial charge >= 0.3 is 6.09 Å². The normalized spacial score (nSPS) is 12.0. The summed E-state index contributed by atoms with van der Waals surface area (Å²) < 4.78 is 13.0. The first-order valence-corrected chi connectivity index (χ1v) is 14.1. The number of amides is 1. The van der Waals surface area contributed by atoms with Crippen LogP contribution < -0.4 is 10.1 Å². The molecule has 0 aliphatic rings. The van der Waals surface area contributed by atoms with Crippen LogP contribution in [0.5, 0.6) is 5.75 Å². The summed E-state index contributed by atoms with van der Waals surface area (Å²) in [5, 5.41) is 13.5. The van der Waals surface area contributed by atoms with Crippen molar-refractivity contribution in [2.75, 3.05) is 13.7 Å². The molecule has 2 aromatic heterocycles. The van der Waals surface area contributed by atoms with Crippen molar-refractivity contribution < 1.29 is 14.3 Å². The number of carbonyl (C=O) groups excluding carboxylic acids is 1. The number of carbonyl (C=O) groups is 1. The van der Waals surface area contributed by atoms with Gasteiger partial charge in [-0.1, -0.05) is 74.5 Å². The Morgan fingerprint density at radius 1 is 0.927 bits per heavy atom. The molecule has 0 saturated heterocycles. The molecule has 0 saturated carbocycles. The number of aromatic amines is 1. The van der Waals surface area contributed by atoms with Crippen molar-refractivity contribution in [3.05, 3.63) is 113 Å². The minimum absolute atomic E-state index is 0.233. The molecule has 0 unspecified atom stereocenters. The molecular weight excluding hydrogens is 514 g/mol. The number of aryl methyl sites for hydroxylation is 2. The monoisotopic (exact) mass is 551 g/mol. The summed E-state index contributed by atoms with van der Waals surface area (Å²) in [4.78, 5) is 16.3. The van der Waals surface area contributed by atoms with Crippen LogP contribution in [0.3, 0.4) is 0 Å². The maximum Gasteiger partial charge on any atom is 0.407 e. The Bertz CT molecular complexity index is 1560. The molecule has 1 atom stereocenters. The lowest BCUT2D eigenvalue weighted by Crippen LogP contribution is -2.33. The van der Waals surface area contributed by atoms with E-state index in [0.717, 1.165) is 40.0 Å². The number of hydrogen-bond donors (Lipinski definition) is 2. The number of methoxy groups -OCH3 is 1. The first-order chi connectivity index (χ1) is 20.0. The fraction of sp³-hybridized carbons (Fsp3) is 0.303. The second kappa shape index (κ2) is 13.2. The van der Waals surface area contributed by atoms with Gasteiger partial charge in [0, 0.05) is 29.9 Å². The van der Waals surface area contributed by atoms with Gasteiger partial charge in [-0.3, -0.25) is 0 Å². The van der Waals surface area contributed by atoms with Gasteiger partial charge in [-0.05, 0) is 47.2 Å². The van der Waals surface area contributed by atoms with Crippen LogP contribution in [0.4, 0.5) is 4.79 Å². The van der Waals surface area contributed by atoms with Crippen molar-refractivity contribution in [2.24, 2.45) is 5.92 Å².